The van der Waals surface area contributed by atoms with E-state index in [1.807, 2.05) is 6.92 Å². The molecule has 0 aromatic heterocycles. The van der Waals surface area contributed by atoms with Gasteiger partial charge in [-0.25, -0.2) is 0 Å². The Balaban J connectivity index is 0.00000676. The molecule has 0 saturated heterocycles. The lowest BCUT2D eigenvalue weighted by molar-refractivity contribution is -0.149. The van der Waals surface area contributed by atoms with Crippen LogP contribution in [0.2, 0.25) is 0 Å². The zero-order valence-corrected chi connectivity index (χ0v) is 18.6. The molecule has 0 aliphatic heterocycles. The number of carbonyl (C=O) groups is 1. The van der Waals surface area contributed by atoms with Gasteiger partial charge in [-0.05, 0) is 46.6 Å². The van der Waals surface area contributed by atoms with Gasteiger partial charge in [0, 0.05) is 19.1 Å². The van der Waals surface area contributed by atoms with Crippen molar-refractivity contribution in [1.29, 1.82) is 0 Å². The molecule has 1 fully saturated rings. The monoisotopic (exact) mass is 508 g/mol. The summed E-state index contributed by atoms with van der Waals surface area (Å²) in [5, 5.41) is 6.43. The fourth-order valence-electron chi connectivity index (χ4n) is 2.96. The van der Waals surface area contributed by atoms with Crippen LogP contribution in [-0.2, 0) is 9.53 Å². The minimum absolute atomic E-state index is 0. The summed E-state index contributed by atoms with van der Waals surface area (Å²) in [5.41, 5.74) is 0. The summed E-state index contributed by atoms with van der Waals surface area (Å²) in [6.45, 7) is 4.37. The second-order valence-corrected chi connectivity index (χ2v) is 6.56. The van der Waals surface area contributed by atoms with E-state index in [1.165, 1.54) is 11.9 Å². The number of aliphatic imine (C=N–C) groups is 1. The van der Waals surface area contributed by atoms with E-state index >= 15 is 0 Å². The molecular weight excluding hydrogens is 476 g/mol. The number of hydrogen-bond donors (Lipinski definition) is 2. The third-order valence-corrected chi connectivity index (χ3v) is 4.23. The number of guanidine groups is 1. The van der Waals surface area contributed by atoms with E-state index in [2.05, 4.69) is 15.6 Å². The van der Waals surface area contributed by atoms with Crippen molar-refractivity contribution in [3.63, 3.8) is 0 Å². The molecule has 0 aromatic rings. The molecule has 6 nitrogen and oxygen atoms in total. The highest BCUT2D eigenvalue weighted by atomic mass is 127. The van der Waals surface area contributed by atoms with Crippen molar-refractivity contribution in [2.45, 2.75) is 51.7 Å². The second kappa shape index (κ2) is 13.4. The summed E-state index contributed by atoms with van der Waals surface area (Å²) in [4.78, 5) is 17.3. The SMILES string of the molecule is CCNC(=NCCN(C)CC(F)(F)F)NC1CCC(C(=O)OCC)CC1.I. The van der Waals surface area contributed by atoms with Crippen molar-refractivity contribution >= 4 is 35.9 Å². The molecule has 0 aromatic carbocycles. The van der Waals surface area contributed by atoms with Crippen LogP contribution in [0.5, 0.6) is 0 Å². The normalized spacial score (nSPS) is 20.8. The largest absolute Gasteiger partial charge is 0.466 e. The summed E-state index contributed by atoms with van der Waals surface area (Å²) in [5.74, 6) is 0.440. The Morgan fingerprint density at radius 1 is 1.22 bits per heavy atom. The predicted molar refractivity (Wildman–Crippen MR) is 110 cm³/mol. The Hall–Kier alpha value is -0.780. The number of halogens is 4. The number of carbonyl (C=O) groups excluding carboxylic acids is 1. The molecule has 2 N–H and O–H groups in total. The number of ether oxygens (including phenoxy) is 1. The molecule has 0 heterocycles. The van der Waals surface area contributed by atoms with Gasteiger partial charge < -0.3 is 15.4 Å². The van der Waals surface area contributed by atoms with Crippen LogP contribution in [0.1, 0.15) is 39.5 Å². The molecule has 0 unspecified atom stereocenters. The van der Waals surface area contributed by atoms with E-state index < -0.39 is 12.7 Å². The van der Waals surface area contributed by atoms with Gasteiger partial charge in [-0.3, -0.25) is 14.7 Å². The maximum absolute atomic E-state index is 12.3. The molecule has 1 aliphatic rings. The van der Waals surface area contributed by atoms with E-state index in [1.54, 1.807) is 6.92 Å². The number of nitrogens with zero attached hydrogens (tertiary/aromatic N) is 2. The minimum Gasteiger partial charge on any atom is -0.466 e. The fraction of sp³-hybridized carbons (Fsp3) is 0.882. The van der Waals surface area contributed by atoms with E-state index in [0.29, 0.717) is 19.1 Å². The summed E-state index contributed by atoms with van der Waals surface area (Å²) in [6.07, 6.45) is -0.989. The van der Waals surface area contributed by atoms with Crippen molar-refractivity contribution in [1.82, 2.24) is 15.5 Å². The molecule has 0 bridgehead atoms. The Morgan fingerprint density at radius 3 is 2.37 bits per heavy atom. The van der Waals surface area contributed by atoms with Gasteiger partial charge >= 0.3 is 12.1 Å². The van der Waals surface area contributed by atoms with Gasteiger partial charge in [-0.2, -0.15) is 13.2 Å². The molecule has 1 aliphatic carbocycles. The van der Waals surface area contributed by atoms with Gasteiger partial charge in [-0.15, -0.1) is 24.0 Å². The smallest absolute Gasteiger partial charge is 0.401 e. The summed E-state index contributed by atoms with van der Waals surface area (Å²) in [7, 11) is 1.43. The van der Waals surface area contributed by atoms with Gasteiger partial charge in [0.1, 0.15) is 0 Å². The lowest BCUT2D eigenvalue weighted by Crippen LogP contribution is -2.45. The Bertz CT molecular complexity index is 456. The molecule has 10 heteroatoms. The average molecular weight is 508 g/mol. The van der Waals surface area contributed by atoms with Crippen LogP contribution in [-0.4, -0.2) is 68.9 Å². The van der Waals surface area contributed by atoms with Crippen molar-refractivity contribution in [2.75, 3.05) is 39.8 Å². The average Bonchev–Trinajstić information content (AvgIpc) is 2.54. The van der Waals surface area contributed by atoms with Crippen LogP contribution in [0.15, 0.2) is 4.99 Å². The Morgan fingerprint density at radius 2 is 1.85 bits per heavy atom. The van der Waals surface area contributed by atoms with E-state index in [-0.39, 0.29) is 55.0 Å². The van der Waals surface area contributed by atoms with Crippen molar-refractivity contribution in [3.8, 4) is 0 Å². The van der Waals surface area contributed by atoms with Gasteiger partial charge in [0.2, 0.25) is 0 Å². The summed E-state index contributed by atoms with van der Waals surface area (Å²) < 4.78 is 42.0. The quantitative estimate of drug-likeness (QED) is 0.229. The van der Waals surface area contributed by atoms with Crippen molar-refractivity contribution < 1.29 is 22.7 Å². The lowest BCUT2D eigenvalue weighted by Gasteiger charge is -2.29. The van der Waals surface area contributed by atoms with E-state index in [4.69, 9.17) is 4.74 Å². The maximum atomic E-state index is 12.3. The molecule has 160 valence electrons. The summed E-state index contributed by atoms with van der Waals surface area (Å²) >= 11 is 0. The number of nitrogens with one attached hydrogen (secondary N) is 2. The molecule has 1 rings (SSSR count). The van der Waals surface area contributed by atoms with E-state index in [9.17, 15) is 18.0 Å². The van der Waals surface area contributed by atoms with Crippen LogP contribution in [0, 0.1) is 5.92 Å². The first-order chi connectivity index (χ1) is 12.2. The minimum atomic E-state index is -4.20. The number of alkyl halides is 3. The second-order valence-electron chi connectivity index (χ2n) is 6.56. The molecule has 1 saturated carbocycles. The van der Waals surface area contributed by atoms with Crippen LogP contribution >= 0.6 is 24.0 Å². The van der Waals surface area contributed by atoms with Gasteiger partial charge in [-0.1, -0.05) is 0 Å². The maximum Gasteiger partial charge on any atom is 0.401 e. The van der Waals surface area contributed by atoms with Crippen molar-refractivity contribution in [2.24, 2.45) is 10.9 Å². The Kier molecular flexibility index (Phi) is 13.0. The standard InChI is InChI=1S/C17H31F3N4O2.HI/c1-4-21-16(22-10-11-24(3)12-17(18,19)20)23-14-8-6-13(7-9-14)15(25)26-5-2;/h13-14H,4-12H2,1-3H3,(H2,21,22,23);1H. The Labute approximate surface area is 176 Å². The summed E-state index contributed by atoms with van der Waals surface area (Å²) in [6, 6.07) is 0.200. The predicted octanol–water partition coefficient (Wildman–Crippen LogP) is 2.78. The first-order valence-corrected chi connectivity index (χ1v) is 9.22. The zero-order valence-electron chi connectivity index (χ0n) is 16.3. The highest BCUT2D eigenvalue weighted by Gasteiger charge is 2.29. The van der Waals surface area contributed by atoms with Crippen molar-refractivity contribution in [3.05, 3.63) is 0 Å². The third-order valence-electron chi connectivity index (χ3n) is 4.23. The molecule has 0 amide bonds. The van der Waals surface area contributed by atoms with Crippen LogP contribution < -0.4 is 10.6 Å². The fourth-order valence-corrected chi connectivity index (χ4v) is 2.96. The molecule has 27 heavy (non-hydrogen) atoms. The van der Waals surface area contributed by atoms with Crippen LogP contribution in [0.4, 0.5) is 13.2 Å². The van der Waals surface area contributed by atoms with Gasteiger partial charge in [0.05, 0.1) is 25.6 Å². The molecular formula is C17H32F3IN4O2. The molecule has 0 radical (unpaired) electrons. The zero-order chi connectivity index (χ0) is 19.6. The molecule has 0 spiro atoms. The highest BCUT2D eigenvalue weighted by molar-refractivity contribution is 14.0. The van der Waals surface area contributed by atoms with E-state index in [0.717, 1.165) is 25.7 Å². The topological polar surface area (TPSA) is 66.0 Å². The molecule has 0 atom stereocenters. The number of hydrogen-bond acceptors (Lipinski definition) is 4. The number of esters is 1. The van der Waals surface area contributed by atoms with Gasteiger partial charge in [0.15, 0.2) is 5.96 Å². The van der Waals surface area contributed by atoms with Crippen LogP contribution in [0.3, 0.4) is 0 Å². The number of likely N-dealkylation sites (N-methyl/N-ethyl adjacent to an activating group) is 1. The first kappa shape index (κ1) is 26.2. The third kappa shape index (κ3) is 11.6. The lowest BCUT2D eigenvalue weighted by atomic mass is 9.86. The highest BCUT2D eigenvalue weighted by Crippen LogP contribution is 2.25. The van der Waals surface area contributed by atoms with Crippen LogP contribution in [0.25, 0.3) is 0 Å². The number of rotatable bonds is 8. The van der Waals surface area contributed by atoms with Gasteiger partial charge in [0.25, 0.3) is 0 Å². The first-order valence-electron chi connectivity index (χ1n) is 9.22.